The summed E-state index contributed by atoms with van der Waals surface area (Å²) in [5, 5.41) is 0. The van der Waals surface area contributed by atoms with Gasteiger partial charge in [0, 0.05) is 37.3 Å². The standard InChI is InChI=1S/C22H23FN2O/c23-20-8-7-19(21(24)11-20)10-22(26)18-5-3-15(4-6-18)9-17-13-25(14-17)12-16-1-2-16/h3-9,11,16H,1-2,10,12-14,24H2. The molecule has 2 fully saturated rings. The van der Waals surface area contributed by atoms with E-state index in [0.29, 0.717) is 16.8 Å². The lowest BCUT2D eigenvalue weighted by molar-refractivity contribution is 0.0993. The molecule has 1 heterocycles. The van der Waals surface area contributed by atoms with E-state index in [2.05, 4.69) is 11.0 Å². The molecule has 4 heteroatoms. The minimum absolute atomic E-state index is 0.0123. The van der Waals surface area contributed by atoms with Crippen LogP contribution in [0.3, 0.4) is 0 Å². The number of hydrogen-bond donors (Lipinski definition) is 1. The molecule has 0 radical (unpaired) electrons. The van der Waals surface area contributed by atoms with Gasteiger partial charge in [-0.3, -0.25) is 9.69 Å². The van der Waals surface area contributed by atoms with Crippen LogP contribution in [0, 0.1) is 11.7 Å². The summed E-state index contributed by atoms with van der Waals surface area (Å²) in [5.74, 6) is 0.543. The molecule has 0 atom stereocenters. The number of ketones is 1. The van der Waals surface area contributed by atoms with E-state index in [9.17, 15) is 9.18 Å². The minimum Gasteiger partial charge on any atom is -0.398 e. The summed E-state index contributed by atoms with van der Waals surface area (Å²) in [6.45, 7) is 3.39. The van der Waals surface area contributed by atoms with Gasteiger partial charge in [0.15, 0.2) is 5.78 Å². The van der Waals surface area contributed by atoms with Crippen LogP contribution in [-0.2, 0) is 6.42 Å². The predicted molar refractivity (Wildman–Crippen MR) is 102 cm³/mol. The molecule has 2 aromatic carbocycles. The number of anilines is 1. The number of nitrogens with zero attached hydrogens (tertiary/aromatic N) is 1. The number of hydrogen-bond acceptors (Lipinski definition) is 3. The van der Waals surface area contributed by atoms with Crippen LogP contribution in [0.5, 0.6) is 0 Å². The van der Waals surface area contributed by atoms with Crippen LogP contribution in [0.15, 0.2) is 48.0 Å². The number of carbonyl (C=O) groups excluding carboxylic acids is 1. The minimum atomic E-state index is -0.386. The molecule has 26 heavy (non-hydrogen) atoms. The Morgan fingerprint density at radius 2 is 1.88 bits per heavy atom. The summed E-state index contributed by atoms with van der Waals surface area (Å²) in [4.78, 5) is 14.9. The molecule has 1 aliphatic carbocycles. The number of halogens is 1. The van der Waals surface area contributed by atoms with Gasteiger partial charge in [-0.2, -0.15) is 0 Å². The predicted octanol–water partition coefficient (Wildman–Crippen LogP) is 3.94. The van der Waals surface area contributed by atoms with Crippen molar-refractivity contribution in [3.63, 3.8) is 0 Å². The van der Waals surface area contributed by atoms with Crippen LogP contribution in [0.2, 0.25) is 0 Å². The quantitative estimate of drug-likeness (QED) is 0.634. The Kier molecular flexibility index (Phi) is 4.60. The van der Waals surface area contributed by atoms with Crippen molar-refractivity contribution in [2.75, 3.05) is 25.4 Å². The second kappa shape index (κ2) is 7.04. The molecule has 1 aliphatic heterocycles. The van der Waals surface area contributed by atoms with Gasteiger partial charge < -0.3 is 5.73 Å². The number of carbonyl (C=O) groups is 1. The Morgan fingerprint density at radius 1 is 1.15 bits per heavy atom. The van der Waals surface area contributed by atoms with Gasteiger partial charge in [0.25, 0.3) is 0 Å². The summed E-state index contributed by atoms with van der Waals surface area (Å²) in [7, 11) is 0. The number of benzene rings is 2. The average Bonchev–Trinajstić information content (AvgIpc) is 3.40. The lowest BCUT2D eigenvalue weighted by atomic mass is 9.99. The molecule has 0 amide bonds. The molecular formula is C22H23FN2O. The number of likely N-dealkylation sites (tertiary alicyclic amines) is 1. The summed E-state index contributed by atoms with van der Waals surface area (Å²) in [5.41, 5.74) is 10.00. The topological polar surface area (TPSA) is 46.3 Å². The lowest BCUT2D eigenvalue weighted by Crippen LogP contribution is -2.41. The highest BCUT2D eigenvalue weighted by Crippen LogP contribution is 2.32. The van der Waals surface area contributed by atoms with E-state index in [1.54, 1.807) is 6.07 Å². The first-order chi connectivity index (χ1) is 12.6. The van der Waals surface area contributed by atoms with Crippen molar-refractivity contribution in [3.8, 4) is 0 Å². The number of rotatable bonds is 6. The Hall–Kier alpha value is -2.46. The molecule has 2 aromatic rings. The fourth-order valence-corrected chi connectivity index (χ4v) is 3.42. The molecule has 0 aromatic heterocycles. The van der Waals surface area contributed by atoms with Crippen molar-refractivity contribution in [2.24, 2.45) is 5.92 Å². The average molecular weight is 350 g/mol. The number of Topliss-reactive ketones (excluding diaryl/α,β-unsaturated/α-hetero) is 1. The molecule has 2 N–H and O–H groups in total. The van der Waals surface area contributed by atoms with Crippen LogP contribution in [-0.4, -0.2) is 30.3 Å². The third kappa shape index (κ3) is 4.02. The van der Waals surface area contributed by atoms with E-state index in [4.69, 9.17) is 5.73 Å². The van der Waals surface area contributed by atoms with Gasteiger partial charge in [-0.05, 0) is 47.6 Å². The first-order valence-corrected chi connectivity index (χ1v) is 9.16. The molecule has 0 bridgehead atoms. The molecule has 1 saturated carbocycles. The van der Waals surface area contributed by atoms with Crippen LogP contribution >= 0.6 is 0 Å². The Balaban J connectivity index is 1.35. The van der Waals surface area contributed by atoms with Crippen molar-refractivity contribution in [3.05, 3.63) is 70.5 Å². The molecule has 0 unspecified atom stereocenters. The highest BCUT2D eigenvalue weighted by molar-refractivity contribution is 5.98. The first-order valence-electron chi connectivity index (χ1n) is 9.16. The van der Waals surface area contributed by atoms with E-state index in [-0.39, 0.29) is 18.0 Å². The zero-order chi connectivity index (χ0) is 18.1. The van der Waals surface area contributed by atoms with E-state index in [1.807, 2.05) is 24.3 Å². The Labute approximate surface area is 153 Å². The van der Waals surface area contributed by atoms with Crippen molar-refractivity contribution < 1.29 is 9.18 Å². The molecule has 1 saturated heterocycles. The van der Waals surface area contributed by atoms with Gasteiger partial charge in [0.2, 0.25) is 0 Å². The van der Waals surface area contributed by atoms with Crippen molar-refractivity contribution >= 4 is 17.5 Å². The van der Waals surface area contributed by atoms with Crippen molar-refractivity contribution in [1.29, 1.82) is 0 Å². The van der Waals surface area contributed by atoms with E-state index >= 15 is 0 Å². The Morgan fingerprint density at radius 3 is 2.54 bits per heavy atom. The lowest BCUT2D eigenvalue weighted by Gasteiger charge is -2.34. The molecular weight excluding hydrogens is 327 g/mol. The fraction of sp³-hybridized carbons (Fsp3) is 0.318. The zero-order valence-electron chi connectivity index (χ0n) is 14.7. The SMILES string of the molecule is Nc1cc(F)ccc1CC(=O)c1ccc(C=C2CN(CC3CC3)C2)cc1. The van der Waals surface area contributed by atoms with Gasteiger partial charge in [0.1, 0.15) is 5.82 Å². The third-order valence-corrected chi connectivity index (χ3v) is 5.13. The highest BCUT2D eigenvalue weighted by Gasteiger charge is 2.28. The van der Waals surface area contributed by atoms with Crippen LogP contribution < -0.4 is 5.73 Å². The van der Waals surface area contributed by atoms with Gasteiger partial charge in [-0.25, -0.2) is 4.39 Å². The van der Waals surface area contributed by atoms with Crippen molar-refractivity contribution in [2.45, 2.75) is 19.3 Å². The molecule has 2 aliphatic rings. The number of nitrogens with two attached hydrogens (primary N) is 1. The second-order valence-corrected chi connectivity index (χ2v) is 7.48. The molecule has 0 spiro atoms. The van der Waals surface area contributed by atoms with Gasteiger partial charge >= 0.3 is 0 Å². The summed E-state index contributed by atoms with van der Waals surface area (Å²) in [6, 6.07) is 11.8. The van der Waals surface area contributed by atoms with Crippen LogP contribution in [0.1, 0.15) is 34.3 Å². The van der Waals surface area contributed by atoms with E-state index < -0.39 is 0 Å². The largest absolute Gasteiger partial charge is 0.398 e. The van der Waals surface area contributed by atoms with E-state index in [0.717, 1.165) is 24.6 Å². The van der Waals surface area contributed by atoms with Gasteiger partial charge in [-0.15, -0.1) is 0 Å². The summed E-state index contributed by atoms with van der Waals surface area (Å²) in [6.07, 6.45) is 5.20. The fourth-order valence-electron chi connectivity index (χ4n) is 3.42. The van der Waals surface area contributed by atoms with E-state index in [1.165, 1.54) is 37.1 Å². The van der Waals surface area contributed by atoms with Gasteiger partial charge in [0.05, 0.1) is 0 Å². The molecule has 134 valence electrons. The molecule has 3 nitrogen and oxygen atoms in total. The molecule has 4 rings (SSSR count). The third-order valence-electron chi connectivity index (χ3n) is 5.13. The first kappa shape index (κ1) is 17.0. The normalized spacial score (nSPS) is 17.0. The second-order valence-electron chi connectivity index (χ2n) is 7.48. The maximum atomic E-state index is 13.1. The Bertz CT molecular complexity index is 845. The summed E-state index contributed by atoms with van der Waals surface area (Å²) >= 11 is 0. The highest BCUT2D eigenvalue weighted by atomic mass is 19.1. The number of nitrogen functional groups attached to an aromatic ring is 1. The smallest absolute Gasteiger partial charge is 0.167 e. The monoisotopic (exact) mass is 350 g/mol. The van der Waals surface area contributed by atoms with Crippen LogP contribution in [0.4, 0.5) is 10.1 Å². The van der Waals surface area contributed by atoms with Crippen LogP contribution in [0.25, 0.3) is 6.08 Å². The summed E-state index contributed by atoms with van der Waals surface area (Å²) < 4.78 is 13.1. The van der Waals surface area contributed by atoms with Gasteiger partial charge in [-0.1, -0.05) is 36.4 Å². The van der Waals surface area contributed by atoms with Crippen molar-refractivity contribution in [1.82, 2.24) is 4.90 Å². The maximum absolute atomic E-state index is 13.1. The maximum Gasteiger partial charge on any atom is 0.167 e. The zero-order valence-corrected chi connectivity index (χ0v) is 14.7.